The number of sulfonamides is 1. The molecule has 3 N–H and O–H groups in total. The molecule has 0 spiro atoms. The summed E-state index contributed by atoms with van der Waals surface area (Å²) in [5.41, 5.74) is 8.55. The zero-order valence-corrected chi connectivity index (χ0v) is 19.9. The van der Waals surface area contributed by atoms with Crippen LogP contribution in [-0.4, -0.2) is 20.2 Å². The number of nitrogens with one attached hydrogen (secondary N) is 3. The molecule has 0 fully saturated rings. The minimum Gasteiger partial charge on any atom is -0.278 e. The number of hydrogen-bond acceptors (Lipinski definition) is 4. The fourth-order valence-corrected chi connectivity index (χ4v) is 5.24. The molecule has 0 saturated carbocycles. The molecule has 0 radical (unpaired) electrons. The molecule has 0 atom stereocenters. The molecule has 3 aromatic carbocycles. The van der Waals surface area contributed by atoms with Gasteiger partial charge in [0.15, 0.2) is 0 Å². The second kappa shape index (κ2) is 10.3. The lowest BCUT2D eigenvalue weighted by Crippen LogP contribution is -2.42. The largest absolute Gasteiger partial charge is 0.278 e. The van der Waals surface area contributed by atoms with E-state index in [-0.39, 0.29) is 33.5 Å². The molecule has 7 nitrogen and oxygen atoms in total. The predicted molar refractivity (Wildman–Crippen MR) is 131 cm³/mol. The zero-order valence-electron chi connectivity index (χ0n) is 18.3. The second-order valence-corrected chi connectivity index (χ2v) is 10.2. The van der Waals surface area contributed by atoms with Crippen molar-refractivity contribution in [1.82, 2.24) is 10.9 Å². The van der Waals surface area contributed by atoms with Crippen LogP contribution in [0.2, 0.25) is 5.02 Å². The van der Waals surface area contributed by atoms with Crippen LogP contribution in [0.3, 0.4) is 0 Å². The topological polar surface area (TPSA) is 104 Å². The van der Waals surface area contributed by atoms with Crippen LogP contribution in [0.15, 0.2) is 71.6 Å². The number of carbonyl (C=O) groups is 2. The molecule has 0 aromatic heterocycles. The third kappa shape index (κ3) is 5.76. The minimum absolute atomic E-state index is 0.0797. The van der Waals surface area contributed by atoms with Gasteiger partial charge in [0.25, 0.3) is 15.9 Å². The van der Waals surface area contributed by atoms with Gasteiger partial charge in [0.1, 0.15) is 0 Å². The van der Waals surface area contributed by atoms with Crippen LogP contribution >= 0.6 is 11.6 Å². The molecule has 0 saturated heterocycles. The van der Waals surface area contributed by atoms with Crippen molar-refractivity contribution in [3.05, 3.63) is 94.0 Å². The Morgan fingerprint density at radius 1 is 0.853 bits per heavy atom. The summed E-state index contributed by atoms with van der Waals surface area (Å²) >= 11 is 6.03. The van der Waals surface area contributed by atoms with Gasteiger partial charge in [-0.25, -0.2) is 8.42 Å². The Labute approximate surface area is 203 Å². The van der Waals surface area contributed by atoms with Gasteiger partial charge in [-0.05, 0) is 72.7 Å². The molecule has 2 amide bonds. The first-order chi connectivity index (χ1) is 16.3. The number of amides is 2. The lowest BCUT2D eigenvalue weighted by Gasteiger charge is -2.16. The summed E-state index contributed by atoms with van der Waals surface area (Å²) < 4.78 is 27.9. The summed E-state index contributed by atoms with van der Waals surface area (Å²) in [5.74, 6) is -0.998. The molecule has 0 aliphatic heterocycles. The molecule has 3 aromatic rings. The van der Waals surface area contributed by atoms with Gasteiger partial charge < -0.3 is 0 Å². The number of benzene rings is 3. The molecule has 0 bridgehead atoms. The van der Waals surface area contributed by atoms with Crippen LogP contribution in [-0.2, 0) is 34.1 Å². The molecule has 176 valence electrons. The number of para-hydroxylation sites is 1. The average Bonchev–Trinajstić information content (AvgIpc) is 2.84. The highest BCUT2D eigenvalue weighted by molar-refractivity contribution is 7.92. The van der Waals surface area contributed by atoms with Crippen LogP contribution in [0.5, 0.6) is 0 Å². The summed E-state index contributed by atoms with van der Waals surface area (Å²) in [6, 6.07) is 18.0. The molecule has 1 aliphatic carbocycles. The van der Waals surface area contributed by atoms with Gasteiger partial charge in [-0.1, -0.05) is 48.0 Å². The predicted octanol–water partition coefficient (Wildman–Crippen LogP) is 4.02. The van der Waals surface area contributed by atoms with Crippen LogP contribution in [0, 0.1) is 0 Å². The second-order valence-electron chi connectivity index (χ2n) is 8.10. The van der Waals surface area contributed by atoms with Crippen molar-refractivity contribution in [2.75, 3.05) is 4.72 Å². The van der Waals surface area contributed by atoms with Crippen LogP contribution in [0.25, 0.3) is 0 Å². The lowest BCUT2D eigenvalue weighted by molar-refractivity contribution is -0.121. The van der Waals surface area contributed by atoms with Gasteiger partial charge in [-0.3, -0.25) is 25.2 Å². The van der Waals surface area contributed by atoms with Gasteiger partial charge in [0.2, 0.25) is 5.91 Å². The first kappa shape index (κ1) is 23.8. The molecular formula is C25H24ClN3O4S. The number of halogens is 1. The molecular weight excluding hydrogens is 474 g/mol. The summed E-state index contributed by atoms with van der Waals surface area (Å²) in [4.78, 5) is 24.7. The van der Waals surface area contributed by atoms with E-state index >= 15 is 0 Å². The maximum Gasteiger partial charge on any atom is 0.269 e. The summed E-state index contributed by atoms with van der Waals surface area (Å²) in [6.45, 7) is 0. The van der Waals surface area contributed by atoms with Crippen molar-refractivity contribution in [3.8, 4) is 0 Å². The van der Waals surface area contributed by atoms with E-state index < -0.39 is 15.9 Å². The number of hydrazine groups is 1. The number of anilines is 1. The maximum absolute atomic E-state index is 12.7. The smallest absolute Gasteiger partial charge is 0.269 e. The Bertz CT molecular complexity index is 1340. The van der Waals surface area contributed by atoms with Gasteiger partial charge in [-0.15, -0.1) is 0 Å². The van der Waals surface area contributed by atoms with Crippen LogP contribution < -0.4 is 15.6 Å². The fraction of sp³-hybridized carbons (Fsp3) is 0.200. The third-order valence-corrected chi connectivity index (χ3v) is 7.31. The fourth-order valence-electron chi connectivity index (χ4n) is 3.88. The van der Waals surface area contributed by atoms with Crippen molar-refractivity contribution >= 4 is 39.1 Å². The monoisotopic (exact) mass is 497 g/mol. The van der Waals surface area contributed by atoms with E-state index in [1.165, 1.54) is 47.9 Å². The number of hydrogen-bond donors (Lipinski definition) is 3. The Morgan fingerprint density at radius 2 is 1.62 bits per heavy atom. The number of aryl methyl sites for hydroxylation is 2. The Kier molecular flexibility index (Phi) is 7.19. The Hall–Kier alpha value is -3.36. The average molecular weight is 498 g/mol. The van der Waals surface area contributed by atoms with Gasteiger partial charge in [-0.2, -0.15) is 0 Å². The standard InChI is InChI=1S/C25H24ClN3O4S/c26-22-10-3-4-11-23(22)29-34(32,33)21-9-5-8-20(16-21)25(31)28-27-24(30)15-17-12-13-18-6-1-2-7-19(18)14-17/h3-5,8-14,16,29H,1-2,6-7,15H2,(H,27,30)(H,28,31). The lowest BCUT2D eigenvalue weighted by atomic mass is 9.90. The van der Waals surface area contributed by atoms with Crippen molar-refractivity contribution in [1.29, 1.82) is 0 Å². The quantitative estimate of drug-likeness (QED) is 0.447. The number of carbonyl (C=O) groups excluding carboxylic acids is 2. The Balaban J connectivity index is 1.37. The molecule has 34 heavy (non-hydrogen) atoms. The van der Waals surface area contributed by atoms with Gasteiger partial charge in [0, 0.05) is 5.56 Å². The number of fused-ring (bicyclic) bond motifs is 1. The summed E-state index contributed by atoms with van der Waals surface area (Å²) in [7, 11) is -3.97. The normalized spacial score (nSPS) is 13.0. The van der Waals surface area contributed by atoms with Gasteiger partial charge >= 0.3 is 0 Å². The number of rotatable bonds is 6. The third-order valence-electron chi connectivity index (χ3n) is 5.62. The van der Waals surface area contributed by atoms with E-state index in [4.69, 9.17) is 11.6 Å². The maximum atomic E-state index is 12.7. The summed E-state index contributed by atoms with van der Waals surface area (Å²) in [5, 5.41) is 0.251. The van der Waals surface area contributed by atoms with Crippen molar-refractivity contribution in [2.45, 2.75) is 37.0 Å². The van der Waals surface area contributed by atoms with Crippen LogP contribution in [0.4, 0.5) is 5.69 Å². The van der Waals surface area contributed by atoms with E-state index in [2.05, 4.69) is 27.7 Å². The van der Waals surface area contributed by atoms with Crippen molar-refractivity contribution in [2.24, 2.45) is 0 Å². The van der Waals surface area contributed by atoms with Crippen molar-refractivity contribution in [3.63, 3.8) is 0 Å². The molecule has 9 heteroatoms. The Morgan fingerprint density at radius 3 is 2.41 bits per heavy atom. The minimum atomic E-state index is -3.97. The highest BCUT2D eigenvalue weighted by atomic mass is 35.5. The SMILES string of the molecule is O=C(Cc1ccc2c(c1)CCCC2)NNC(=O)c1cccc(S(=O)(=O)Nc2ccccc2Cl)c1. The van der Waals surface area contributed by atoms with E-state index in [1.54, 1.807) is 18.2 Å². The highest BCUT2D eigenvalue weighted by Gasteiger charge is 2.18. The molecule has 0 heterocycles. The van der Waals surface area contributed by atoms with E-state index in [9.17, 15) is 18.0 Å². The van der Waals surface area contributed by atoms with Gasteiger partial charge in [0.05, 0.1) is 22.0 Å². The van der Waals surface area contributed by atoms with Crippen LogP contribution in [0.1, 0.15) is 39.9 Å². The van der Waals surface area contributed by atoms with E-state index in [0.29, 0.717) is 0 Å². The molecule has 0 unspecified atom stereocenters. The highest BCUT2D eigenvalue weighted by Crippen LogP contribution is 2.24. The van der Waals surface area contributed by atoms with Crippen molar-refractivity contribution < 1.29 is 18.0 Å². The zero-order chi connectivity index (χ0) is 24.1. The molecule has 1 aliphatic rings. The first-order valence-electron chi connectivity index (χ1n) is 10.9. The first-order valence-corrected chi connectivity index (χ1v) is 12.8. The summed E-state index contributed by atoms with van der Waals surface area (Å²) in [6.07, 6.45) is 4.56. The molecule has 4 rings (SSSR count). The van der Waals surface area contributed by atoms with E-state index in [0.717, 1.165) is 24.8 Å². The van der Waals surface area contributed by atoms with E-state index in [1.807, 2.05) is 6.07 Å².